The first-order valence-corrected chi connectivity index (χ1v) is 5.63. The number of hydrazone groups is 1. The molecule has 0 heterocycles. The van der Waals surface area contributed by atoms with Crippen molar-refractivity contribution in [3.63, 3.8) is 0 Å². The van der Waals surface area contributed by atoms with Crippen molar-refractivity contribution in [1.29, 1.82) is 0 Å². The van der Waals surface area contributed by atoms with E-state index < -0.39 is 0 Å². The fourth-order valence-electron chi connectivity index (χ4n) is 1.23. The lowest BCUT2D eigenvalue weighted by Gasteiger charge is -2.07. The summed E-state index contributed by atoms with van der Waals surface area (Å²) in [4.78, 5) is 11.3. The van der Waals surface area contributed by atoms with E-state index in [1.165, 1.54) is 6.21 Å². The van der Waals surface area contributed by atoms with Gasteiger partial charge in [0.1, 0.15) is 11.5 Å². The highest BCUT2D eigenvalue weighted by Crippen LogP contribution is 2.22. The number of amides is 1. The Hall–Kier alpha value is -2.04. The summed E-state index contributed by atoms with van der Waals surface area (Å²) in [7, 11) is 3.16. The first kappa shape index (κ1) is 14.0. The summed E-state index contributed by atoms with van der Waals surface area (Å²) in [6.07, 6.45) is 1.53. The van der Waals surface area contributed by atoms with Crippen molar-refractivity contribution in [2.75, 3.05) is 14.2 Å². The number of carbonyl (C=O) groups excluding carboxylic acids is 1. The Labute approximate surface area is 107 Å². The molecule has 5 nitrogen and oxygen atoms in total. The van der Waals surface area contributed by atoms with Gasteiger partial charge in [-0.25, -0.2) is 5.43 Å². The molecule has 0 unspecified atom stereocenters. The molecule has 0 saturated carbocycles. The Balaban J connectivity index is 2.81. The van der Waals surface area contributed by atoms with Crippen LogP contribution in [-0.4, -0.2) is 26.3 Å². The predicted molar refractivity (Wildman–Crippen MR) is 70.1 cm³/mol. The second-order valence-corrected chi connectivity index (χ2v) is 4.00. The molecule has 1 rings (SSSR count). The summed E-state index contributed by atoms with van der Waals surface area (Å²) in [5, 5.41) is 3.89. The van der Waals surface area contributed by atoms with Crippen LogP contribution in [0.15, 0.2) is 23.3 Å². The fraction of sp³-hybridized carbons (Fsp3) is 0.385. The molecule has 0 spiro atoms. The summed E-state index contributed by atoms with van der Waals surface area (Å²) in [5.41, 5.74) is 3.19. The Bertz CT molecular complexity index is 442. The molecule has 0 radical (unpaired) electrons. The van der Waals surface area contributed by atoms with Gasteiger partial charge in [0.2, 0.25) is 5.91 Å². The number of methoxy groups -OCH3 is 2. The molecule has 0 aromatic heterocycles. The first-order chi connectivity index (χ1) is 8.58. The minimum atomic E-state index is -0.131. The lowest BCUT2D eigenvalue weighted by molar-refractivity contribution is -0.123. The minimum absolute atomic E-state index is 0.102. The second-order valence-electron chi connectivity index (χ2n) is 4.00. The van der Waals surface area contributed by atoms with E-state index in [9.17, 15) is 4.79 Å². The maximum absolute atomic E-state index is 11.3. The summed E-state index contributed by atoms with van der Waals surface area (Å²) in [6.45, 7) is 3.61. The smallest absolute Gasteiger partial charge is 0.242 e. The Kier molecular flexibility index (Phi) is 5.17. The molecular formula is C13H18N2O3. The van der Waals surface area contributed by atoms with E-state index in [1.54, 1.807) is 46.3 Å². The molecule has 0 aliphatic rings. The third-order valence-electron chi connectivity index (χ3n) is 2.34. The molecule has 1 aromatic carbocycles. The minimum Gasteiger partial charge on any atom is -0.497 e. The molecule has 0 aliphatic carbocycles. The largest absolute Gasteiger partial charge is 0.497 e. The quantitative estimate of drug-likeness (QED) is 0.640. The van der Waals surface area contributed by atoms with Gasteiger partial charge in [0.05, 0.1) is 20.4 Å². The second kappa shape index (κ2) is 6.64. The van der Waals surface area contributed by atoms with E-state index in [0.29, 0.717) is 11.5 Å². The molecule has 0 saturated heterocycles. The van der Waals surface area contributed by atoms with Crippen molar-refractivity contribution in [2.24, 2.45) is 11.0 Å². The lowest BCUT2D eigenvalue weighted by atomic mass is 10.2. The molecule has 1 amide bonds. The van der Waals surface area contributed by atoms with E-state index in [0.717, 1.165) is 5.56 Å². The zero-order chi connectivity index (χ0) is 13.5. The van der Waals surface area contributed by atoms with Crippen LogP contribution in [0.3, 0.4) is 0 Å². The van der Waals surface area contributed by atoms with Crippen LogP contribution in [0.1, 0.15) is 19.4 Å². The number of hydrogen-bond donors (Lipinski definition) is 1. The maximum Gasteiger partial charge on any atom is 0.242 e. The van der Waals surface area contributed by atoms with E-state index in [-0.39, 0.29) is 11.8 Å². The van der Waals surface area contributed by atoms with Gasteiger partial charge in [-0.05, 0) is 18.2 Å². The molecule has 0 aliphatic heterocycles. The van der Waals surface area contributed by atoms with Crippen LogP contribution in [0, 0.1) is 5.92 Å². The van der Waals surface area contributed by atoms with Gasteiger partial charge in [0.25, 0.3) is 0 Å². The highest BCUT2D eigenvalue weighted by atomic mass is 16.5. The summed E-state index contributed by atoms with van der Waals surface area (Å²) >= 11 is 0. The number of benzene rings is 1. The van der Waals surface area contributed by atoms with Crippen molar-refractivity contribution in [2.45, 2.75) is 13.8 Å². The van der Waals surface area contributed by atoms with Crippen LogP contribution in [0.25, 0.3) is 0 Å². The molecule has 98 valence electrons. The number of hydrogen-bond acceptors (Lipinski definition) is 4. The Morgan fingerprint density at radius 2 is 2.06 bits per heavy atom. The molecule has 0 bridgehead atoms. The van der Waals surface area contributed by atoms with Crippen molar-refractivity contribution < 1.29 is 14.3 Å². The average molecular weight is 250 g/mol. The van der Waals surface area contributed by atoms with Gasteiger partial charge in [0.15, 0.2) is 0 Å². The molecule has 18 heavy (non-hydrogen) atoms. The van der Waals surface area contributed by atoms with Crippen LogP contribution >= 0.6 is 0 Å². The van der Waals surface area contributed by atoms with Crippen molar-refractivity contribution in [3.05, 3.63) is 23.8 Å². The zero-order valence-corrected chi connectivity index (χ0v) is 11.1. The van der Waals surface area contributed by atoms with Crippen LogP contribution in [0.2, 0.25) is 0 Å². The van der Waals surface area contributed by atoms with Crippen molar-refractivity contribution in [1.82, 2.24) is 5.43 Å². The van der Waals surface area contributed by atoms with Crippen LogP contribution in [0.4, 0.5) is 0 Å². The summed E-state index contributed by atoms with van der Waals surface area (Å²) < 4.78 is 10.3. The van der Waals surface area contributed by atoms with Gasteiger partial charge in [-0.3, -0.25) is 4.79 Å². The molecular weight excluding hydrogens is 232 g/mol. The van der Waals surface area contributed by atoms with Gasteiger partial charge >= 0.3 is 0 Å². The SMILES string of the molecule is COc1ccc(OC)c(/C=N/NC(=O)C(C)C)c1. The number of ether oxygens (including phenoxy) is 2. The van der Waals surface area contributed by atoms with Crippen molar-refractivity contribution in [3.8, 4) is 11.5 Å². The number of nitrogens with one attached hydrogen (secondary N) is 1. The monoisotopic (exact) mass is 250 g/mol. The van der Waals surface area contributed by atoms with Crippen molar-refractivity contribution >= 4 is 12.1 Å². The van der Waals surface area contributed by atoms with E-state index in [2.05, 4.69) is 10.5 Å². The van der Waals surface area contributed by atoms with Crippen LogP contribution in [0.5, 0.6) is 11.5 Å². The van der Waals surface area contributed by atoms with Gasteiger partial charge in [-0.1, -0.05) is 13.8 Å². The zero-order valence-electron chi connectivity index (χ0n) is 11.1. The Morgan fingerprint density at radius 1 is 1.33 bits per heavy atom. The first-order valence-electron chi connectivity index (χ1n) is 5.63. The molecule has 5 heteroatoms. The maximum atomic E-state index is 11.3. The normalized spacial score (nSPS) is 10.7. The topological polar surface area (TPSA) is 59.9 Å². The van der Waals surface area contributed by atoms with Gasteiger partial charge in [-0.15, -0.1) is 0 Å². The number of carbonyl (C=O) groups is 1. The molecule has 1 aromatic rings. The third kappa shape index (κ3) is 3.76. The molecule has 0 atom stereocenters. The summed E-state index contributed by atoms with van der Waals surface area (Å²) in [5.74, 6) is 1.13. The highest BCUT2D eigenvalue weighted by Gasteiger charge is 2.05. The van der Waals surface area contributed by atoms with E-state index in [4.69, 9.17) is 9.47 Å². The van der Waals surface area contributed by atoms with Gasteiger partial charge < -0.3 is 9.47 Å². The van der Waals surface area contributed by atoms with Gasteiger partial charge in [-0.2, -0.15) is 5.10 Å². The number of rotatable bonds is 5. The predicted octanol–water partition coefficient (Wildman–Crippen LogP) is 1.81. The highest BCUT2D eigenvalue weighted by molar-refractivity contribution is 5.86. The van der Waals surface area contributed by atoms with Gasteiger partial charge in [0, 0.05) is 11.5 Å². The van der Waals surface area contributed by atoms with Crippen LogP contribution in [-0.2, 0) is 4.79 Å². The average Bonchev–Trinajstić information content (AvgIpc) is 2.38. The lowest BCUT2D eigenvalue weighted by Crippen LogP contribution is -2.22. The molecule has 1 N–H and O–H groups in total. The standard InChI is InChI=1S/C13H18N2O3/c1-9(2)13(16)15-14-8-10-7-11(17-3)5-6-12(10)18-4/h5-9H,1-4H3,(H,15,16)/b14-8+. The molecule has 0 fully saturated rings. The summed E-state index contributed by atoms with van der Waals surface area (Å²) in [6, 6.07) is 5.36. The fourth-order valence-corrected chi connectivity index (χ4v) is 1.23. The third-order valence-corrected chi connectivity index (χ3v) is 2.34. The number of nitrogens with zero attached hydrogens (tertiary/aromatic N) is 1. The van der Waals surface area contributed by atoms with E-state index >= 15 is 0 Å². The van der Waals surface area contributed by atoms with Crippen LogP contribution < -0.4 is 14.9 Å². The Morgan fingerprint density at radius 3 is 2.61 bits per heavy atom. The van der Waals surface area contributed by atoms with E-state index in [1.807, 2.05) is 0 Å².